The van der Waals surface area contributed by atoms with E-state index in [0.717, 1.165) is 25.1 Å². The summed E-state index contributed by atoms with van der Waals surface area (Å²) in [6.45, 7) is 1.13. The molecule has 0 spiro atoms. The molecule has 1 aliphatic rings. The zero-order chi connectivity index (χ0) is 20.0. The molecular formula is C17H13F3N2O4S. The fourth-order valence-corrected chi connectivity index (χ4v) is 4.49. The van der Waals surface area contributed by atoms with Gasteiger partial charge in [-0.2, -0.15) is 13.2 Å². The van der Waals surface area contributed by atoms with Gasteiger partial charge in [0.05, 0.1) is 16.8 Å². The van der Waals surface area contributed by atoms with Crippen molar-refractivity contribution in [1.29, 1.82) is 0 Å². The zero-order valence-electron chi connectivity index (χ0n) is 13.8. The summed E-state index contributed by atoms with van der Waals surface area (Å²) in [4.78, 5) is 24.6. The van der Waals surface area contributed by atoms with Gasteiger partial charge in [-0.25, -0.2) is 12.7 Å². The highest BCUT2D eigenvalue weighted by Gasteiger charge is 2.46. The molecule has 6 nitrogen and oxygen atoms in total. The molecule has 27 heavy (non-hydrogen) atoms. The third-order valence-corrected chi connectivity index (χ3v) is 5.99. The van der Waals surface area contributed by atoms with Gasteiger partial charge in [-0.3, -0.25) is 9.59 Å². The number of fused-ring (bicyclic) bond motifs is 1. The molecule has 10 heteroatoms. The lowest BCUT2D eigenvalue weighted by molar-refractivity contribution is -0.137. The minimum absolute atomic E-state index is 0.0900. The Bertz CT molecular complexity index is 1030. The smallest absolute Gasteiger partial charge is 0.324 e. The number of anilines is 1. The van der Waals surface area contributed by atoms with Crippen molar-refractivity contribution in [3.8, 4) is 0 Å². The van der Waals surface area contributed by atoms with E-state index in [9.17, 15) is 31.2 Å². The average molecular weight is 398 g/mol. The summed E-state index contributed by atoms with van der Waals surface area (Å²) < 4.78 is 64.7. The van der Waals surface area contributed by atoms with Crippen LogP contribution in [0.1, 0.15) is 22.8 Å². The van der Waals surface area contributed by atoms with E-state index in [2.05, 4.69) is 5.32 Å². The minimum Gasteiger partial charge on any atom is -0.324 e. The molecule has 0 saturated heterocycles. The van der Waals surface area contributed by atoms with Crippen LogP contribution in [-0.2, 0) is 21.0 Å². The molecule has 0 radical (unpaired) electrons. The third kappa shape index (κ3) is 3.16. The lowest BCUT2D eigenvalue weighted by Crippen LogP contribution is -2.45. The molecule has 1 N–H and O–H groups in total. The van der Waals surface area contributed by atoms with E-state index in [1.807, 2.05) is 0 Å². The Balaban J connectivity index is 1.91. The molecule has 1 aliphatic heterocycles. The molecule has 0 aliphatic carbocycles. The second kappa shape index (κ2) is 6.38. The quantitative estimate of drug-likeness (QED) is 0.862. The summed E-state index contributed by atoms with van der Waals surface area (Å²) in [5.74, 6) is -1.96. The van der Waals surface area contributed by atoms with Crippen molar-refractivity contribution in [3.63, 3.8) is 0 Å². The summed E-state index contributed by atoms with van der Waals surface area (Å²) in [7, 11) is -4.27. The SMILES string of the molecule is C[C@@H](C(=O)Nc1ccccc1C(F)(F)F)N1C(=O)c2ccccc2S1(=O)=O. The van der Waals surface area contributed by atoms with E-state index < -0.39 is 45.3 Å². The number of hydrogen-bond acceptors (Lipinski definition) is 4. The van der Waals surface area contributed by atoms with Crippen LogP contribution in [0.5, 0.6) is 0 Å². The second-order valence-corrected chi connectivity index (χ2v) is 7.59. The van der Waals surface area contributed by atoms with E-state index in [1.165, 1.54) is 30.3 Å². The van der Waals surface area contributed by atoms with Crippen molar-refractivity contribution < 1.29 is 31.2 Å². The Labute approximate surface area is 152 Å². The van der Waals surface area contributed by atoms with Crippen LogP contribution in [0.3, 0.4) is 0 Å². The normalized spacial score (nSPS) is 16.7. The second-order valence-electron chi connectivity index (χ2n) is 5.81. The summed E-state index contributed by atoms with van der Waals surface area (Å²) in [6.07, 6.45) is -4.71. The van der Waals surface area contributed by atoms with Gasteiger partial charge in [0.2, 0.25) is 5.91 Å². The van der Waals surface area contributed by atoms with E-state index >= 15 is 0 Å². The maximum Gasteiger partial charge on any atom is 0.418 e. The van der Waals surface area contributed by atoms with Gasteiger partial charge in [0, 0.05) is 0 Å². The number of carbonyl (C=O) groups excluding carboxylic acids is 2. The van der Waals surface area contributed by atoms with Crippen LogP contribution in [0, 0.1) is 0 Å². The number of rotatable bonds is 3. The minimum atomic E-state index is -4.71. The average Bonchev–Trinajstić information content (AvgIpc) is 2.80. The lowest BCUT2D eigenvalue weighted by Gasteiger charge is -2.23. The maximum absolute atomic E-state index is 13.1. The monoisotopic (exact) mass is 398 g/mol. The third-order valence-electron chi connectivity index (χ3n) is 4.08. The predicted octanol–water partition coefficient (Wildman–Crippen LogP) is 2.88. The van der Waals surface area contributed by atoms with Gasteiger partial charge in [0.15, 0.2) is 0 Å². The molecule has 1 heterocycles. The van der Waals surface area contributed by atoms with Crippen molar-refractivity contribution in [1.82, 2.24) is 4.31 Å². The number of sulfonamides is 1. The van der Waals surface area contributed by atoms with Crippen LogP contribution in [0.4, 0.5) is 18.9 Å². The van der Waals surface area contributed by atoms with Gasteiger partial charge in [-0.15, -0.1) is 0 Å². The molecule has 1 atom stereocenters. The van der Waals surface area contributed by atoms with Gasteiger partial charge >= 0.3 is 6.18 Å². The maximum atomic E-state index is 13.1. The topological polar surface area (TPSA) is 83.6 Å². The van der Waals surface area contributed by atoms with Gasteiger partial charge in [-0.05, 0) is 31.2 Å². The first-order valence-corrected chi connectivity index (χ1v) is 9.14. The number of hydrogen-bond donors (Lipinski definition) is 1. The Morgan fingerprint density at radius 1 is 1.07 bits per heavy atom. The molecule has 0 unspecified atom stereocenters. The first-order valence-electron chi connectivity index (χ1n) is 7.70. The highest BCUT2D eigenvalue weighted by Crippen LogP contribution is 2.35. The van der Waals surface area contributed by atoms with Gasteiger partial charge < -0.3 is 5.32 Å². The first kappa shape index (κ1) is 18.9. The first-order chi connectivity index (χ1) is 12.5. The summed E-state index contributed by atoms with van der Waals surface area (Å²) >= 11 is 0. The Hall–Kier alpha value is -2.88. The van der Waals surface area contributed by atoms with Crippen LogP contribution in [0.2, 0.25) is 0 Å². The highest BCUT2D eigenvalue weighted by atomic mass is 32.2. The molecule has 0 saturated carbocycles. The molecule has 0 bridgehead atoms. The number of halogens is 3. The van der Waals surface area contributed by atoms with E-state index in [1.54, 1.807) is 0 Å². The predicted molar refractivity (Wildman–Crippen MR) is 89.3 cm³/mol. The molecule has 2 aromatic rings. The van der Waals surface area contributed by atoms with E-state index in [4.69, 9.17) is 0 Å². The van der Waals surface area contributed by atoms with Gasteiger partial charge in [0.1, 0.15) is 10.9 Å². The Kier molecular flexibility index (Phi) is 4.46. The number of benzene rings is 2. The number of nitrogens with one attached hydrogen (secondary N) is 1. The summed E-state index contributed by atoms with van der Waals surface area (Å²) in [5.41, 5.74) is -1.69. The number of para-hydroxylation sites is 1. The fourth-order valence-electron chi connectivity index (χ4n) is 2.77. The zero-order valence-corrected chi connectivity index (χ0v) is 14.6. The van der Waals surface area contributed by atoms with E-state index in [0.29, 0.717) is 4.31 Å². The van der Waals surface area contributed by atoms with Crippen molar-refractivity contribution in [2.45, 2.75) is 24.0 Å². The Morgan fingerprint density at radius 2 is 1.67 bits per heavy atom. The standard InChI is InChI=1S/C17H13F3N2O4S/c1-10(15(23)21-13-8-4-3-7-12(13)17(18,19)20)22-16(24)11-6-2-5-9-14(11)27(22,25)26/h2-10H,1H3,(H,21,23)/t10-/m0/s1. The van der Waals surface area contributed by atoms with Crippen LogP contribution in [-0.4, -0.2) is 30.6 Å². The van der Waals surface area contributed by atoms with Crippen LogP contribution in [0.25, 0.3) is 0 Å². The van der Waals surface area contributed by atoms with Gasteiger partial charge in [0.25, 0.3) is 15.9 Å². The largest absolute Gasteiger partial charge is 0.418 e. The van der Waals surface area contributed by atoms with Crippen molar-refractivity contribution in [3.05, 3.63) is 59.7 Å². The fraction of sp³-hybridized carbons (Fsp3) is 0.176. The summed E-state index contributed by atoms with van der Waals surface area (Å²) in [6, 6.07) is 8.17. The molecule has 2 amide bonds. The molecular weight excluding hydrogens is 385 g/mol. The van der Waals surface area contributed by atoms with Gasteiger partial charge in [-0.1, -0.05) is 24.3 Å². The van der Waals surface area contributed by atoms with Crippen LogP contribution in [0.15, 0.2) is 53.4 Å². The summed E-state index contributed by atoms with van der Waals surface area (Å²) in [5, 5.41) is 2.06. The molecule has 142 valence electrons. The Morgan fingerprint density at radius 3 is 2.30 bits per heavy atom. The van der Waals surface area contributed by atoms with Crippen LogP contribution < -0.4 is 5.32 Å². The molecule has 0 aromatic heterocycles. The van der Waals surface area contributed by atoms with Crippen molar-refractivity contribution in [2.24, 2.45) is 0 Å². The number of alkyl halides is 3. The molecule has 0 fully saturated rings. The van der Waals surface area contributed by atoms with E-state index in [-0.39, 0.29) is 10.5 Å². The number of nitrogens with zero attached hydrogens (tertiary/aromatic N) is 1. The molecule has 3 rings (SSSR count). The number of amides is 2. The van der Waals surface area contributed by atoms with Crippen molar-refractivity contribution >= 4 is 27.5 Å². The molecule has 2 aromatic carbocycles. The highest BCUT2D eigenvalue weighted by molar-refractivity contribution is 7.90. The van der Waals surface area contributed by atoms with Crippen molar-refractivity contribution in [2.75, 3.05) is 5.32 Å². The number of carbonyl (C=O) groups is 2. The van der Waals surface area contributed by atoms with Crippen LogP contribution >= 0.6 is 0 Å². The lowest BCUT2D eigenvalue weighted by atomic mass is 10.1.